The van der Waals surface area contributed by atoms with Gasteiger partial charge >= 0.3 is 11.9 Å². The number of alkyl halides is 2. The summed E-state index contributed by atoms with van der Waals surface area (Å²) in [4.78, 5) is 34.4. The smallest absolute Gasteiger partial charge is 0.336 e. The molecular weight excluding hydrogens is 473 g/mol. The van der Waals surface area contributed by atoms with Crippen molar-refractivity contribution < 1.29 is 33.0 Å². The maximum absolute atomic E-state index is 13.9. The van der Waals surface area contributed by atoms with E-state index >= 15 is 0 Å². The minimum atomic E-state index is -3.13. The van der Waals surface area contributed by atoms with Gasteiger partial charge in [0, 0.05) is 43.2 Å². The molecule has 180 valence electrons. The average molecular weight is 494 g/mol. The maximum Gasteiger partial charge on any atom is 0.336 e. The Bertz CT molecular complexity index is 1170. The SMILES string of the molecule is CC1(c2ccc(F)cc2)N=C(c2nccs2)NC(CN2CCC(F)(F)CC2C(=O)O)=C1C(=O)O. The van der Waals surface area contributed by atoms with Gasteiger partial charge in [-0.2, -0.15) is 0 Å². The second-order valence-electron chi connectivity index (χ2n) is 8.30. The first-order valence-corrected chi connectivity index (χ1v) is 11.2. The first-order chi connectivity index (χ1) is 16.0. The van der Waals surface area contributed by atoms with Gasteiger partial charge in [-0.05, 0) is 24.6 Å². The van der Waals surface area contributed by atoms with E-state index in [1.165, 1.54) is 40.5 Å². The van der Waals surface area contributed by atoms with Crippen molar-refractivity contribution in [1.29, 1.82) is 0 Å². The van der Waals surface area contributed by atoms with Gasteiger partial charge < -0.3 is 15.5 Å². The lowest BCUT2D eigenvalue weighted by atomic mass is 9.82. The zero-order chi connectivity index (χ0) is 24.7. The van der Waals surface area contributed by atoms with Gasteiger partial charge in [-0.3, -0.25) is 9.69 Å². The number of hydrogen-bond acceptors (Lipinski definition) is 7. The number of carboxylic acid groups (broad SMARTS) is 2. The van der Waals surface area contributed by atoms with Crippen LogP contribution in [0.5, 0.6) is 0 Å². The third kappa shape index (κ3) is 4.55. The molecular formula is C22H21F3N4O4S. The molecule has 0 radical (unpaired) electrons. The number of aliphatic carboxylic acids is 2. The molecule has 0 amide bonds. The Morgan fingerprint density at radius 1 is 1.26 bits per heavy atom. The number of piperidine rings is 1. The van der Waals surface area contributed by atoms with Crippen molar-refractivity contribution in [2.45, 2.75) is 37.3 Å². The third-order valence-electron chi connectivity index (χ3n) is 5.99. The van der Waals surface area contributed by atoms with Crippen LogP contribution >= 0.6 is 11.3 Å². The maximum atomic E-state index is 13.9. The summed E-state index contributed by atoms with van der Waals surface area (Å²) in [6.45, 7) is 1.08. The fourth-order valence-electron chi connectivity index (χ4n) is 4.30. The largest absolute Gasteiger partial charge is 0.480 e. The Labute approximate surface area is 196 Å². The topological polar surface area (TPSA) is 115 Å². The predicted molar refractivity (Wildman–Crippen MR) is 117 cm³/mol. The number of aromatic nitrogens is 1. The summed E-state index contributed by atoms with van der Waals surface area (Å²) in [5.74, 6) is -6.13. The minimum Gasteiger partial charge on any atom is -0.480 e. The summed E-state index contributed by atoms with van der Waals surface area (Å²) in [6, 6.07) is 3.73. The van der Waals surface area contributed by atoms with Gasteiger partial charge in [0.2, 0.25) is 0 Å². The molecule has 3 N–H and O–H groups in total. The quantitative estimate of drug-likeness (QED) is 0.565. The molecule has 0 saturated carbocycles. The van der Waals surface area contributed by atoms with Crippen LogP contribution in [0.1, 0.15) is 30.3 Å². The summed E-state index contributed by atoms with van der Waals surface area (Å²) in [5, 5.41) is 24.8. The molecule has 2 atom stereocenters. The lowest BCUT2D eigenvalue weighted by Gasteiger charge is -2.40. The summed E-state index contributed by atoms with van der Waals surface area (Å²) in [7, 11) is 0. The highest BCUT2D eigenvalue weighted by Gasteiger charge is 2.46. The zero-order valence-corrected chi connectivity index (χ0v) is 18.8. The zero-order valence-electron chi connectivity index (χ0n) is 18.0. The third-order valence-corrected chi connectivity index (χ3v) is 6.77. The second-order valence-corrected chi connectivity index (χ2v) is 9.19. The number of benzene rings is 1. The van der Waals surface area contributed by atoms with Gasteiger partial charge in [0.25, 0.3) is 5.92 Å². The van der Waals surface area contributed by atoms with E-state index in [4.69, 9.17) is 0 Å². The second kappa shape index (κ2) is 8.84. The Balaban J connectivity index is 1.82. The molecule has 0 bridgehead atoms. The Morgan fingerprint density at radius 3 is 2.56 bits per heavy atom. The number of aliphatic imine (C=N–C) groups is 1. The average Bonchev–Trinajstić information content (AvgIpc) is 3.29. The van der Waals surface area contributed by atoms with Crippen LogP contribution < -0.4 is 5.32 Å². The van der Waals surface area contributed by atoms with Gasteiger partial charge in [0.1, 0.15) is 17.4 Å². The fraction of sp³-hybridized carbons (Fsp3) is 0.364. The summed E-state index contributed by atoms with van der Waals surface area (Å²) >= 11 is 1.25. The summed E-state index contributed by atoms with van der Waals surface area (Å²) in [6.07, 6.45) is 0.124. The molecule has 1 fully saturated rings. The van der Waals surface area contributed by atoms with Crippen LogP contribution in [0, 0.1) is 5.82 Å². The first kappa shape index (κ1) is 23.9. The lowest BCUT2D eigenvalue weighted by Crippen LogP contribution is -2.53. The molecule has 2 aliphatic heterocycles. The van der Waals surface area contributed by atoms with Gasteiger partial charge in [0.15, 0.2) is 10.8 Å². The van der Waals surface area contributed by atoms with Crippen molar-refractivity contribution in [3.63, 3.8) is 0 Å². The predicted octanol–water partition coefficient (Wildman–Crippen LogP) is 3.07. The number of amidine groups is 1. The number of rotatable bonds is 6. The molecule has 0 aliphatic carbocycles. The molecule has 8 nitrogen and oxygen atoms in total. The Hall–Kier alpha value is -3.25. The number of nitrogens with one attached hydrogen (secondary N) is 1. The number of likely N-dealkylation sites (tertiary alicyclic amines) is 1. The summed E-state index contributed by atoms with van der Waals surface area (Å²) < 4.78 is 41.4. The van der Waals surface area contributed by atoms with Gasteiger partial charge in [0.05, 0.1) is 5.57 Å². The number of carboxylic acids is 2. The number of halogens is 3. The van der Waals surface area contributed by atoms with Crippen molar-refractivity contribution in [2.24, 2.45) is 4.99 Å². The van der Waals surface area contributed by atoms with Gasteiger partial charge in [-0.1, -0.05) is 12.1 Å². The van der Waals surface area contributed by atoms with Crippen LogP contribution in [0.15, 0.2) is 52.1 Å². The normalized spacial score (nSPS) is 24.9. The molecule has 2 aromatic rings. The molecule has 2 aliphatic rings. The minimum absolute atomic E-state index is 0.107. The van der Waals surface area contributed by atoms with Crippen molar-refractivity contribution in [3.8, 4) is 0 Å². The van der Waals surface area contributed by atoms with Crippen LogP contribution in [0.4, 0.5) is 13.2 Å². The van der Waals surface area contributed by atoms with Crippen molar-refractivity contribution in [2.75, 3.05) is 13.1 Å². The fourth-order valence-corrected chi connectivity index (χ4v) is 4.88. The van der Waals surface area contributed by atoms with Gasteiger partial charge in [-0.15, -0.1) is 11.3 Å². The van der Waals surface area contributed by atoms with Crippen LogP contribution in [-0.2, 0) is 15.1 Å². The monoisotopic (exact) mass is 494 g/mol. The summed E-state index contributed by atoms with van der Waals surface area (Å²) in [5.41, 5.74) is -1.18. The highest BCUT2D eigenvalue weighted by Crippen LogP contribution is 2.39. The molecule has 3 heterocycles. The van der Waals surface area contributed by atoms with E-state index in [0.29, 0.717) is 10.6 Å². The van der Waals surface area contributed by atoms with E-state index in [2.05, 4.69) is 15.3 Å². The van der Waals surface area contributed by atoms with Crippen LogP contribution in [0.3, 0.4) is 0 Å². The highest BCUT2D eigenvalue weighted by molar-refractivity contribution is 7.11. The first-order valence-electron chi connectivity index (χ1n) is 10.3. The molecule has 4 rings (SSSR count). The van der Waals surface area contributed by atoms with Crippen LogP contribution in [0.25, 0.3) is 0 Å². The van der Waals surface area contributed by atoms with E-state index in [9.17, 15) is 33.0 Å². The van der Waals surface area contributed by atoms with E-state index in [1.54, 1.807) is 18.5 Å². The standard InChI is InChI=1S/C22H21F3N4O4S/c1-21(12-2-4-13(23)5-3-12)16(20(32)33)14(27-17(28-21)18-26-7-9-34-18)11-29-8-6-22(24,25)10-15(29)19(30)31/h2-5,7,9,15H,6,8,10-11H2,1H3,(H,27,28)(H,30,31)(H,32,33). The number of thiazole rings is 1. The van der Waals surface area contributed by atoms with E-state index in [0.717, 1.165) is 0 Å². The number of nitrogens with zero attached hydrogens (tertiary/aromatic N) is 3. The van der Waals surface area contributed by atoms with E-state index < -0.39 is 48.1 Å². The van der Waals surface area contributed by atoms with Crippen molar-refractivity contribution in [3.05, 3.63) is 63.5 Å². The van der Waals surface area contributed by atoms with E-state index in [1.807, 2.05) is 0 Å². The van der Waals surface area contributed by atoms with Crippen LogP contribution in [-0.4, -0.2) is 62.9 Å². The highest BCUT2D eigenvalue weighted by atomic mass is 32.1. The Morgan fingerprint density at radius 2 is 1.97 bits per heavy atom. The molecule has 1 saturated heterocycles. The number of carbonyl (C=O) groups is 2. The molecule has 34 heavy (non-hydrogen) atoms. The molecule has 0 spiro atoms. The van der Waals surface area contributed by atoms with E-state index in [-0.39, 0.29) is 30.2 Å². The van der Waals surface area contributed by atoms with Crippen molar-refractivity contribution in [1.82, 2.24) is 15.2 Å². The van der Waals surface area contributed by atoms with Crippen molar-refractivity contribution >= 4 is 29.1 Å². The molecule has 12 heteroatoms. The Kier molecular flexibility index (Phi) is 6.21. The molecule has 2 unspecified atom stereocenters. The molecule has 1 aromatic heterocycles. The number of hydrogen-bond donors (Lipinski definition) is 3. The lowest BCUT2D eigenvalue weighted by molar-refractivity contribution is -0.153. The van der Waals surface area contributed by atoms with Gasteiger partial charge in [-0.25, -0.2) is 27.9 Å². The van der Waals surface area contributed by atoms with Crippen LogP contribution in [0.2, 0.25) is 0 Å². The molecule has 1 aromatic carbocycles.